The normalized spacial score (nSPS) is 15.3. The zero-order valence-electron chi connectivity index (χ0n) is 18.3. The molecule has 1 aliphatic heterocycles. The van der Waals surface area contributed by atoms with Crippen LogP contribution in [0.2, 0.25) is 0 Å². The summed E-state index contributed by atoms with van der Waals surface area (Å²) in [5.41, 5.74) is 3.20. The molecule has 0 bridgehead atoms. The number of hydrogen-bond donors (Lipinski definition) is 1. The molecule has 3 aromatic rings. The van der Waals surface area contributed by atoms with Gasteiger partial charge in [0.05, 0.1) is 12.3 Å². The Kier molecular flexibility index (Phi) is 6.72. The summed E-state index contributed by atoms with van der Waals surface area (Å²) in [6.45, 7) is 4.25. The predicted octanol–water partition coefficient (Wildman–Crippen LogP) is 6.12. The summed E-state index contributed by atoms with van der Waals surface area (Å²) in [6.07, 6.45) is 1.17. The van der Waals surface area contributed by atoms with Crippen molar-refractivity contribution in [1.29, 1.82) is 0 Å². The van der Waals surface area contributed by atoms with E-state index >= 15 is 0 Å². The Balaban J connectivity index is 1.24. The highest BCUT2D eigenvalue weighted by molar-refractivity contribution is 7.91. The minimum absolute atomic E-state index is 0.445. The highest BCUT2D eigenvalue weighted by atomic mass is 32.2. The van der Waals surface area contributed by atoms with Crippen LogP contribution in [-0.2, 0) is 21.5 Å². The van der Waals surface area contributed by atoms with Crippen LogP contribution in [0, 0.1) is 0 Å². The van der Waals surface area contributed by atoms with E-state index < -0.39 is 22.9 Å². The first-order valence-electron chi connectivity index (χ1n) is 10.7. The van der Waals surface area contributed by atoms with Crippen molar-refractivity contribution in [3.63, 3.8) is 0 Å². The maximum absolute atomic E-state index is 12.6. The van der Waals surface area contributed by atoms with Gasteiger partial charge in [-0.1, -0.05) is 30.3 Å². The number of hydrogen-bond acceptors (Lipinski definition) is 4. The molecule has 0 saturated carbocycles. The average Bonchev–Trinajstić information content (AvgIpc) is 2.79. The van der Waals surface area contributed by atoms with Crippen LogP contribution in [-0.4, -0.2) is 23.0 Å². The second-order valence-corrected chi connectivity index (χ2v) is 9.80. The summed E-state index contributed by atoms with van der Waals surface area (Å²) >= 11 is -1.02. The van der Waals surface area contributed by atoms with Crippen LogP contribution < -0.4 is 10.1 Å². The largest absolute Gasteiger partial charge is 0.611 e. The second-order valence-electron chi connectivity index (χ2n) is 8.23. The fraction of sp³-hybridized carbons (Fsp3) is 0.269. The van der Waals surface area contributed by atoms with E-state index in [1.165, 1.54) is 0 Å². The third-order valence-electron chi connectivity index (χ3n) is 5.44. The molecule has 5 nitrogen and oxygen atoms in total. The Morgan fingerprint density at radius 1 is 0.969 bits per heavy atom. The molecule has 4 rings (SSSR count). The third kappa shape index (κ3) is 5.26. The van der Waals surface area contributed by atoms with Crippen molar-refractivity contribution in [3.8, 4) is 16.9 Å². The fourth-order valence-corrected chi connectivity index (χ4v) is 4.86. The molecule has 1 atom stereocenters. The van der Waals surface area contributed by atoms with Crippen molar-refractivity contribution < 1.29 is 18.8 Å². The van der Waals surface area contributed by atoms with Gasteiger partial charge in [-0.05, 0) is 91.5 Å². The molecule has 1 heterocycles. The summed E-state index contributed by atoms with van der Waals surface area (Å²) in [5.74, 6) is 1.33. The van der Waals surface area contributed by atoms with Crippen LogP contribution in [0.5, 0.6) is 5.75 Å². The van der Waals surface area contributed by atoms with Gasteiger partial charge in [-0.2, -0.15) is 0 Å². The van der Waals surface area contributed by atoms with Crippen molar-refractivity contribution in [2.45, 2.75) is 37.2 Å². The number of fused-ring (bicyclic) bond motifs is 1. The highest BCUT2D eigenvalue weighted by Crippen LogP contribution is 2.37. The minimum atomic E-state index is -1.02. The molecule has 1 amide bonds. The Morgan fingerprint density at radius 3 is 2.44 bits per heavy atom. The summed E-state index contributed by atoms with van der Waals surface area (Å²) in [5, 5.41) is 2.71. The van der Waals surface area contributed by atoms with Crippen LogP contribution >= 0.6 is 0 Å². The SMILES string of the molecule is CC1(C)OC(=O)Nc2ccc(OCCCC[S+]([O-])c3ccc(-c4ccccc4)cc3)cc21. The number of rotatable bonds is 8. The quantitative estimate of drug-likeness (QED) is 0.332. The van der Waals surface area contributed by atoms with Crippen molar-refractivity contribution >= 4 is 23.0 Å². The smallest absolute Gasteiger partial charge is 0.412 e. The number of unbranched alkanes of at least 4 members (excludes halogenated alkanes) is 1. The molecule has 3 aromatic carbocycles. The zero-order chi connectivity index (χ0) is 22.6. The monoisotopic (exact) mass is 449 g/mol. The lowest BCUT2D eigenvalue weighted by Gasteiger charge is -2.32. The molecular formula is C26H27NO4S. The molecule has 1 N–H and O–H groups in total. The molecule has 1 aliphatic rings. The van der Waals surface area contributed by atoms with E-state index in [1.807, 2.05) is 74.5 Å². The standard InChI is InChI=1S/C26H27NO4S/c1-26(2)23-18-21(12-15-24(23)27-25(28)31-26)30-16-6-7-17-32(29)22-13-10-20(11-14-22)19-8-4-3-5-9-19/h3-5,8-15,18H,6-7,16-17H2,1-2H3,(H,27,28). The average molecular weight is 450 g/mol. The topological polar surface area (TPSA) is 70.6 Å². The minimum Gasteiger partial charge on any atom is -0.611 e. The molecule has 6 heteroatoms. The van der Waals surface area contributed by atoms with Crippen molar-refractivity contribution in [3.05, 3.63) is 78.4 Å². The van der Waals surface area contributed by atoms with Crippen LogP contribution in [0.3, 0.4) is 0 Å². The predicted molar refractivity (Wildman–Crippen MR) is 127 cm³/mol. The van der Waals surface area contributed by atoms with Gasteiger partial charge >= 0.3 is 6.09 Å². The number of cyclic esters (lactones) is 1. The second kappa shape index (κ2) is 9.67. The van der Waals surface area contributed by atoms with Gasteiger partial charge in [-0.25, -0.2) is 4.79 Å². The van der Waals surface area contributed by atoms with E-state index in [-0.39, 0.29) is 0 Å². The molecular weight excluding hydrogens is 422 g/mol. The third-order valence-corrected chi connectivity index (χ3v) is 6.90. The molecule has 0 aromatic heterocycles. The maximum atomic E-state index is 12.6. The number of carbonyl (C=O) groups is 1. The number of anilines is 1. The van der Waals surface area contributed by atoms with E-state index in [9.17, 15) is 9.35 Å². The maximum Gasteiger partial charge on any atom is 0.412 e. The van der Waals surface area contributed by atoms with E-state index in [2.05, 4.69) is 17.4 Å². The molecule has 0 radical (unpaired) electrons. The molecule has 0 aliphatic carbocycles. The lowest BCUT2D eigenvalue weighted by Crippen LogP contribution is -2.34. The van der Waals surface area contributed by atoms with Gasteiger partial charge in [-0.3, -0.25) is 5.32 Å². The number of carbonyl (C=O) groups excluding carboxylic acids is 1. The van der Waals surface area contributed by atoms with Crippen molar-refractivity contribution in [2.24, 2.45) is 0 Å². The molecule has 0 spiro atoms. The summed E-state index contributed by atoms with van der Waals surface area (Å²) in [7, 11) is 0. The Hall–Kier alpha value is -2.96. The molecule has 0 fully saturated rings. The molecule has 0 saturated heterocycles. The first-order chi connectivity index (χ1) is 15.4. The van der Waals surface area contributed by atoms with Gasteiger partial charge in [0, 0.05) is 5.56 Å². The fourth-order valence-electron chi connectivity index (χ4n) is 3.72. The summed E-state index contributed by atoms with van der Waals surface area (Å²) < 4.78 is 23.8. The Labute approximate surface area is 191 Å². The summed E-state index contributed by atoms with van der Waals surface area (Å²) in [6, 6.07) is 23.7. The number of benzene rings is 3. The van der Waals surface area contributed by atoms with Crippen LogP contribution in [0.15, 0.2) is 77.7 Å². The van der Waals surface area contributed by atoms with Crippen LogP contribution in [0.25, 0.3) is 11.1 Å². The van der Waals surface area contributed by atoms with Gasteiger partial charge in [0.25, 0.3) is 0 Å². The number of nitrogens with one attached hydrogen (secondary N) is 1. The lowest BCUT2D eigenvalue weighted by molar-refractivity contribution is 0.0418. The van der Waals surface area contributed by atoms with Gasteiger partial charge < -0.3 is 14.0 Å². The van der Waals surface area contributed by atoms with Gasteiger partial charge in [0.2, 0.25) is 0 Å². The zero-order valence-corrected chi connectivity index (χ0v) is 19.1. The lowest BCUT2D eigenvalue weighted by atomic mass is 9.94. The van der Waals surface area contributed by atoms with E-state index in [0.29, 0.717) is 12.4 Å². The first kappa shape index (κ1) is 22.2. The van der Waals surface area contributed by atoms with Gasteiger partial charge in [-0.15, -0.1) is 0 Å². The van der Waals surface area contributed by atoms with Gasteiger partial charge in [0.15, 0.2) is 4.90 Å². The van der Waals surface area contributed by atoms with E-state index in [4.69, 9.17) is 9.47 Å². The molecule has 32 heavy (non-hydrogen) atoms. The Morgan fingerprint density at radius 2 is 1.69 bits per heavy atom. The number of ether oxygens (including phenoxy) is 2. The molecule has 166 valence electrons. The highest BCUT2D eigenvalue weighted by Gasteiger charge is 2.33. The van der Waals surface area contributed by atoms with Crippen LogP contribution in [0.4, 0.5) is 10.5 Å². The van der Waals surface area contributed by atoms with E-state index in [1.54, 1.807) is 0 Å². The number of amides is 1. The van der Waals surface area contributed by atoms with Crippen molar-refractivity contribution in [2.75, 3.05) is 17.7 Å². The van der Waals surface area contributed by atoms with Crippen molar-refractivity contribution in [1.82, 2.24) is 0 Å². The Bertz CT molecular complexity index is 1070. The summed E-state index contributed by atoms with van der Waals surface area (Å²) in [4.78, 5) is 12.5. The van der Waals surface area contributed by atoms with E-state index in [0.717, 1.165) is 45.9 Å². The van der Waals surface area contributed by atoms with Gasteiger partial charge in [0.1, 0.15) is 17.1 Å². The van der Waals surface area contributed by atoms with Crippen LogP contribution in [0.1, 0.15) is 32.3 Å². The molecule has 1 unspecified atom stereocenters. The first-order valence-corrected chi connectivity index (χ1v) is 12.1.